The SMILES string of the molecule is CCCN1CCN(c2ccc3c(c2)CN(S(=O)(=O)c2ccccc2)C3)CC1. The van der Waals surface area contributed by atoms with Crippen LogP contribution in [0.3, 0.4) is 0 Å². The van der Waals surface area contributed by atoms with Crippen LogP contribution in [0.25, 0.3) is 0 Å². The molecular formula is C21H27N3O2S. The Morgan fingerprint density at radius 3 is 2.30 bits per heavy atom. The second kappa shape index (κ2) is 7.62. The van der Waals surface area contributed by atoms with Gasteiger partial charge in [0.25, 0.3) is 0 Å². The normalized spacial score (nSPS) is 18.6. The van der Waals surface area contributed by atoms with Gasteiger partial charge in [-0.1, -0.05) is 31.2 Å². The van der Waals surface area contributed by atoms with Gasteiger partial charge in [0.15, 0.2) is 0 Å². The molecule has 0 bridgehead atoms. The van der Waals surface area contributed by atoms with E-state index in [4.69, 9.17) is 0 Å². The third-order valence-electron chi connectivity index (χ3n) is 5.54. The smallest absolute Gasteiger partial charge is 0.243 e. The first kappa shape index (κ1) is 18.5. The third-order valence-corrected chi connectivity index (χ3v) is 7.35. The fourth-order valence-corrected chi connectivity index (χ4v) is 5.42. The molecular weight excluding hydrogens is 358 g/mol. The molecule has 0 radical (unpaired) electrons. The quantitative estimate of drug-likeness (QED) is 0.794. The summed E-state index contributed by atoms with van der Waals surface area (Å²) in [5, 5.41) is 0. The van der Waals surface area contributed by atoms with Crippen molar-refractivity contribution in [2.45, 2.75) is 31.3 Å². The lowest BCUT2D eigenvalue weighted by Crippen LogP contribution is -2.46. The lowest BCUT2D eigenvalue weighted by atomic mass is 10.1. The first-order chi connectivity index (χ1) is 13.1. The minimum Gasteiger partial charge on any atom is -0.369 e. The van der Waals surface area contributed by atoms with Gasteiger partial charge in [0.1, 0.15) is 0 Å². The van der Waals surface area contributed by atoms with E-state index in [-0.39, 0.29) is 0 Å². The van der Waals surface area contributed by atoms with E-state index in [1.807, 2.05) is 6.07 Å². The number of hydrogen-bond donors (Lipinski definition) is 0. The van der Waals surface area contributed by atoms with E-state index < -0.39 is 10.0 Å². The molecule has 0 atom stereocenters. The van der Waals surface area contributed by atoms with Crippen molar-refractivity contribution in [3.8, 4) is 0 Å². The molecule has 1 saturated heterocycles. The van der Waals surface area contributed by atoms with Gasteiger partial charge in [0, 0.05) is 45.0 Å². The molecule has 144 valence electrons. The summed E-state index contributed by atoms with van der Waals surface area (Å²) < 4.78 is 27.4. The van der Waals surface area contributed by atoms with E-state index in [0.29, 0.717) is 18.0 Å². The number of sulfonamides is 1. The summed E-state index contributed by atoms with van der Waals surface area (Å²) in [7, 11) is -3.44. The fourth-order valence-electron chi connectivity index (χ4n) is 4.00. The molecule has 5 nitrogen and oxygen atoms in total. The van der Waals surface area contributed by atoms with Gasteiger partial charge in [0.05, 0.1) is 4.90 Å². The molecule has 2 aliphatic heterocycles. The number of hydrogen-bond acceptors (Lipinski definition) is 4. The third kappa shape index (κ3) is 3.74. The van der Waals surface area contributed by atoms with Gasteiger partial charge in [0.2, 0.25) is 10.0 Å². The van der Waals surface area contributed by atoms with Gasteiger partial charge in [-0.3, -0.25) is 4.90 Å². The Labute approximate surface area is 162 Å². The van der Waals surface area contributed by atoms with E-state index >= 15 is 0 Å². The van der Waals surface area contributed by atoms with Gasteiger partial charge < -0.3 is 4.90 Å². The van der Waals surface area contributed by atoms with E-state index in [1.54, 1.807) is 28.6 Å². The number of anilines is 1. The molecule has 2 aromatic carbocycles. The molecule has 1 fully saturated rings. The molecule has 2 aromatic rings. The van der Waals surface area contributed by atoms with E-state index in [1.165, 1.54) is 18.7 Å². The number of rotatable bonds is 5. The van der Waals surface area contributed by atoms with Crippen molar-refractivity contribution in [1.82, 2.24) is 9.21 Å². The predicted molar refractivity (Wildman–Crippen MR) is 108 cm³/mol. The van der Waals surface area contributed by atoms with Crippen LogP contribution in [0.2, 0.25) is 0 Å². The first-order valence-electron chi connectivity index (χ1n) is 9.72. The zero-order valence-electron chi connectivity index (χ0n) is 15.8. The molecule has 0 amide bonds. The molecule has 27 heavy (non-hydrogen) atoms. The average Bonchev–Trinajstić information content (AvgIpc) is 3.14. The monoisotopic (exact) mass is 385 g/mol. The molecule has 2 aliphatic rings. The Bertz CT molecular complexity index is 891. The minimum absolute atomic E-state index is 0.366. The Hall–Kier alpha value is -1.89. The molecule has 2 heterocycles. The summed E-state index contributed by atoms with van der Waals surface area (Å²) in [6.07, 6.45) is 1.20. The highest BCUT2D eigenvalue weighted by Gasteiger charge is 2.31. The number of benzene rings is 2. The maximum Gasteiger partial charge on any atom is 0.243 e. The van der Waals surface area contributed by atoms with Crippen LogP contribution in [0.15, 0.2) is 53.4 Å². The zero-order valence-corrected chi connectivity index (χ0v) is 16.7. The molecule has 0 unspecified atom stereocenters. The fraction of sp³-hybridized carbons (Fsp3) is 0.429. The van der Waals surface area contributed by atoms with E-state index in [9.17, 15) is 8.42 Å². The van der Waals surface area contributed by atoms with Crippen LogP contribution in [0.4, 0.5) is 5.69 Å². The van der Waals surface area contributed by atoms with E-state index in [0.717, 1.165) is 37.3 Å². The minimum atomic E-state index is -3.44. The maximum atomic E-state index is 12.9. The summed E-state index contributed by atoms with van der Waals surface area (Å²) in [5.41, 5.74) is 3.45. The van der Waals surface area contributed by atoms with Crippen molar-refractivity contribution in [2.24, 2.45) is 0 Å². The van der Waals surface area contributed by atoms with Gasteiger partial charge in [-0.2, -0.15) is 4.31 Å². The molecule has 0 spiro atoms. The summed E-state index contributed by atoms with van der Waals surface area (Å²) in [6, 6.07) is 15.1. The largest absolute Gasteiger partial charge is 0.369 e. The van der Waals surface area contributed by atoms with Crippen molar-refractivity contribution in [3.63, 3.8) is 0 Å². The molecule has 0 aromatic heterocycles. The Kier molecular flexibility index (Phi) is 5.21. The zero-order chi connectivity index (χ0) is 18.9. The lowest BCUT2D eigenvalue weighted by Gasteiger charge is -2.36. The number of fused-ring (bicyclic) bond motifs is 1. The van der Waals surface area contributed by atoms with Crippen molar-refractivity contribution >= 4 is 15.7 Å². The maximum absolute atomic E-state index is 12.9. The number of piperazine rings is 1. The van der Waals surface area contributed by atoms with Crippen LogP contribution in [0, 0.1) is 0 Å². The first-order valence-corrected chi connectivity index (χ1v) is 11.2. The van der Waals surface area contributed by atoms with Gasteiger partial charge >= 0.3 is 0 Å². The molecule has 4 rings (SSSR count). The van der Waals surface area contributed by atoms with Crippen molar-refractivity contribution in [2.75, 3.05) is 37.6 Å². The highest BCUT2D eigenvalue weighted by molar-refractivity contribution is 7.89. The van der Waals surface area contributed by atoms with Crippen LogP contribution in [-0.2, 0) is 23.1 Å². The van der Waals surface area contributed by atoms with Crippen LogP contribution in [0.1, 0.15) is 24.5 Å². The lowest BCUT2D eigenvalue weighted by molar-refractivity contribution is 0.258. The summed E-state index contributed by atoms with van der Waals surface area (Å²) >= 11 is 0. The van der Waals surface area contributed by atoms with Gasteiger partial charge in [-0.05, 0) is 48.4 Å². The molecule has 0 N–H and O–H groups in total. The topological polar surface area (TPSA) is 43.9 Å². The standard InChI is InChI=1S/C21H27N3O2S/c1-2-10-22-11-13-23(14-12-22)20-9-8-18-16-24(17-19(18)15-20)27(25,26)21-6-4-3-5-7-21/h3-9,15H,2,10-14,16-17H2,1H3. The van der Waals surface area contributed by atoms with Crippen molar-refractivity contribution < 1.29 is 8.42 Å². The van der Waals surface area contributed by atoms with Crippen LogP contribution >= 0.6 is 0 Å². The highest BCUT2D eigenvalue weighted by atomic mass is 32.2. The second-order valence-electron chi connectivity index (χ2n) is 7.37. The van der Waals surface area contributed by atoms with Crippen LogP contribution < -0.4 is 4.90 Å². The Balaban J connectivity index is 1.48. The Morgan fingerprint density at radius 2 is 1.59 bits per heavy atom. The van der Waals surface area contributed by atoms with Crippen LogP contribution in [0.5, 0.6) is 0 Å². The summed E-state index contributed by atoms with van der Waals surface area (Å²) in [4.78, 5) is 5.30. The van der Waals surface area contributed by atoms with Gasteiger partial charge in [-0.25, -0.2) is 8.42 Å². The predicted octanol–water partition coefficient (Wildman–Crippen LogP) is 2.92. The van der Waals surface area contributed by atoms with Crippen molar-refractivity contribution in [3.05, 3.63) is 59.7 Å². The molecule has 6 heteroatoms. The highest BCUT2D eigenvalue weighted by Crippen LogP contribution is 2.31. The van der Waals surface area contributed by atoms with E-state index in [2.05, 4.69) is 34.9 Å². The second-order valence-corrected chi connectivity index (χ2v) is 9.31. The average molecular weight is 386 g/mol. The summed E-state index contributed by atoms with van der Waals surface area (Å²) in [5.74, 6) is 0. The van der Waals surface area contributed by atoms with Gasteiger partial charge in [-0.15, -0.1) is 0 Å². The van der Waals surface area contributed by atoms with Crippen LogP contribution in [-0.4, -0.2) is 50.3 Å². The summed E-state index contributed by atoms with van der Waals surface area (Å²) in [6.45, 7) is 8.56. The molecule has 0 saturated carbocycles. The molecule has 0 aliphatic carbocycles. The number of nitrogens with zero attached hydrogens (tertiary/aromatic N) is 3. The Morgan fingerprint density at radius 1 is 0.889 bits per heavy atom. The van der Waals surface area contributed by atoms with Crippen molar-refractivity contribution in [1.29, 1.82) is 0 Å².